The summed E-state index contributed by atoms with van der Waals surface area (Å²) < 4.78 is 19.7. The lowest BCUT2D eigenvalue weighted by molar-refractivity contribution is -0.138. The molecule has 0 unspecified atom stereocenters. The Hall–Kier alpha value is -2.27. The van der Waals surface area contributed by atoms with Crippen LogP contribution in [0, 0.1) is 12.7 Å². The first-order valence-electron chi connectivity index (χ1n) is 8.67. The van der Waals surface area contributed by atoms with Crippen LogP contribution in [0.5, 0.6) is 5.75 Å². The van der Waals surface area contributed by atoms with Crippen molar-refractivity contribution in [1.29, 1.82) is 0 Å². The topological polar surface area (TPSA) is 32.8 Å². The lowest BCUT2D eigenvalue weighted by atomic mass is 10.2. The van der Waals surface area contributed by atoms with Gasteiger partial charge in [0.05, 0.1) is 5.69 Å². The summed E-state index contributed by atoms with van der Waals surface area (Å²) >= 11 is 5.95. The molecule has 0 N–H and O–H groups in total. The minimum absolute atomic E-state index is 0.0625. The van der Waals surface area contributed by atoms with Gasteiger partial charge in [-0.05, 0) is 49.7 Å². The van der Waals surface area contributed by atoms with Crippen LogP contribution < -0.4 is 9.64 Å². The third kappa shape index (κ3) is 4.10. The van der Waals surface area contributed by atoms with Crippen molar-refractivity contribution in [3.8, 4) is 5.75 Å². The third-order valence-electron chi connectivity index (χ3n) is 4.57. The Labute approximate surface area is 158 Å². The summed E-state index contributed by atoms with van der Waals surface area (Å²) in [6.45, 7) is 5.92. The van der Waals surface area contributed by atoms with E-state index >= 15 is 0 Å². The molecule has 1 aliphatic heterocycles. The Kier molecular flexibility index (Phi) is 5.67. The zero-order chi connectivity index (χ0) is 18.7. The standard InChI is InChI=1S/C20H22ClFN2O2/c1-14-13-16(21)7-8-19(14)26-15(2)20(25)24-11-9-23(10-12-24)18-6-4-3-5-17(18)22/h3-8,13,15H,9-12H2,1-2H3/t15-/m0/s1. The molecule has 1 fully saturated rings. The number of para-hydroxylation sites is 1. The highest BCUT2D eigenvalue weighted by Gasteiger charge is 2.27. The van der Waals surface area contributed by atoms with Gasteiger partial charge in [-0.25, -0.2) is 4.39 Å². The summed E-state index contributed by atoms with van der Waals surface area (Å²) in [6.07, 6.45) is -0.588. The van der Waals surface area contributed by atoms with Gasteiger partial charge >= 0.3 is 0 Å². The van der Waals surface area contributed by atoms with Crippen LogP contribution in [0.25, 0.3) is 0 Å². The number of carbonyl (C=O) groups excluding carboxylic acids is 1. The van der Waals surface area contributed by atoms with E-state index in [4.69, 9.17) is 16.3 Å². The molecule has 0 bridgehead atoms. The molecular formula is C20H22ClFN2O2. The fraction of sp³-hybridized carbons (Fsp3) is 0.350. The number of benzene rings is 2. The second kappa shape index (κ2) is 7.96. The van der Waals surface area contributed by atoms with Crippen molar-refractivity contribution in [2.45, 2.75) is 20.0 Å². The van der Waals surface area contributed by atoms with E-state index in [0.29, 0.717) is 42.6 Å². The predicted molar refractivity (Wildman–Crippen MR) is 101 cm³/mol. The number of anilines is 1. The maximum Gasteiger partial charge on any atom is 0.263 e. The van der Waals surface area contributed by atoms with Crippen LogP contribution in [0.1, 0.15) is 12.5 Å². The number of ether oxygens (including phenoxy) is 1. The SMILES string of the molecule is Cc1cc(Cl)ccc1O[C@@H](C)C(=O)N1CCN(c2ccccc2F)CC1. The zero-order valence-corrected chi connectivity index (χ0v) is 15.7. The molecule has 1 saturated heterocycles. The van der Waals surface area contributed by atoms with Gasteiger partial charge in [0.2, 0.25) is 0 Å². The van der Waals surface area contributed by atoms with E-state index in [-0.39, 0.29) is 11.7 Å². The van der Waals surface area contributed by atoms with Crippen molar-refractivity contribution in [2.24, 2.45) is 0 Å². The lowest BCUT2D eigenvalue weighted by Gasteiger charge is -2.37. The average molecular weight is 377 g/mol. The summed E-state index contributed by atoms with van der Waals surface area (Å²) in [4.78, 5) is 16.4. The van der Waals surface area contributed by atoms with E-state index in [0.717, 1.165) is 5.56 Å². The Morgan fingerprint density at radius 1 is 1.15 bits per heavy atom. The maximum absolute atomic E-state index is 13.9. The summed E-state index contributed by atoms with van der Waals surface area (Å²) in [5, 5.41) is 0.637. The largest absolute Gasteiger partial charge is 0.481 e. The molecule has 6 heteroatoms. The highest BCUT2D eigenvalue weighted by Crippen LogP contribution is 2.24. The number of aryl methyl sites for hydroxylation is 1. The van der Waals surface area contributed by atoms with E-state index in [1.54, 1.807) is 42.2 Å². The number of piperazine rings is 1. The monoisotopic (exact) mass is 376 g/mol. The van der Waals surface area contributed by atoms with Crippen LogP contribution in [0.2, 0.25) is 5.02 Å². The van der Waals surface area contributed by atoms with E-state index in [1.807, 2.05) is 17.9 Å². The number of halogens is 2. The molecule has 26 heavy (non-hydrogen) atoms. The first kappa shape index (κ1) is 18.5. The van der Waals surface area contributed by atoms with Gasteiger partial charge < -0.3 is 14.5 Å². The molecule has 2 aromatic carbocycles. The highest BCUT2D eigenvalue weighted by atomic mass is 35.5. The third-order valence-corrected chi connectivity index (χ3v) is 4.81. The number of amides is 1. The zero-order valence-electron chi connectivity index (χ0n) is 14.9. The van der Waals surface area contributed by atoms with Crippen LogP contribution >= 0.6 is 11.6 Å². The number of rotatable bonds is 4. The molecule has 1 heterocycles. The van der Waals surface area contributed by atoms with Gasteiger partial charge in [-0.2, -0.15) is 0 Å². The molecule has 1 aliphatic rings. The molecule has 0 aliphatic carbocycles. The van der Waals surface area contributed by atoms with Gasteiger partial charge in [-0.3, -0.25) is 4.79 Å². The van der Waals surface area contributed by atoms with Gasteiger partial charge in [-0.1, -0.05) is 23.7 Å². The van der Waals surface area contributed by atoms with Crippen molar-refractivity contribution >= 4 is 23.2 Å². The summed E-state index contributed by atoms with van der Waals surface area (Å²) in [7, 11) is 0. The molecule has 1 amide bonds. The average Bonchev–Trinajstić information content (AvgIpc) is 2.64. The number of hydrogen-bond acceptors (Lipinski definition) is 3. The van der Waals surface area contributed by atoms with Crippen molar-refractivity contribution in [3.05, 3.63) is 58.9 Å². The van der Waals surface area contributed by atoms with Crippen molar-refractivity contribution in [1.82, 2.24) is 4.90 Å². The normalized spacial score (nSPS) is 15.7. The van der Waals surface area contributed by atoms with Crippen molar-refractivity contribution in [2.75, 3.05) is 31.1 Å². The van der Waals surface area contributed by atoms with E-state index in [2.05, 4.69) is 0 Å². The lowest BCUT2D eigenvalue weighted by Crippen LogP contribution is -2.52. The predicted octanol–water partition coefficient (Wildman–Crippen LogP) is 3.90. The highest BCUT2D eigenvalue weighted by molar-refractivity contribution is 6.30. The molecule has 0 radical (unpaired) electrons. The Balaban J connectivity index is 1.58. The quantitative estimate of drug-likeness (QED) is 0.811. The fourth-order valence-corrected chi connectivity index (χ4v) is 3.35. The Morgan fingerprint density at radius 2 is 1.85 bits per heavy atom. The maximum atomic E-state index is 13.9. The van der Waals surface area contributed by atoms with Crippen LogP contribution in [0.15, 0.2) is 42.5 Å². The second-order valence-electron chi connectivity index (χ2n) is 6.43. The minimum Gasteiger partial charge on any atom is -0.481 e. The fourth-order valence-electron chi connectivity index (χ4n) is 3.12. The molecule has 0 saturated carbocycles. The van der Waals surface area contributed by atoms with Gasteiger partial charge in [-0.15, -0.1) is 0 Å². The summed E-state index contributed by atoms with van der Waals surface area (Å²) in [6, 6.07) is 12.0. The minimum atomic E-state index is -0.588. The number of carbonyl (C=O) groups is 1. The van der Waals surface area contributed by atoms with Crippen LogP contribution in [0.3, 0.4) is 0 Å². The Morgan fingerprint density at radius 3 is 2.50 bits per heavy atom. The molecule has 0 aromatic heterocycles. The molecule has 0 spiro atoms. The van der Waals surface area contributed by atoms with E-state index in [9.17, 15) is 9.18 Å². The second-order valence-corrected chi connectivity index (χ2v) is 6.87. The van der Waals surface area contributed by atoms with Gasteiger partial charge in [0, 0.05) is 31.2 Å². The van der Waals surface area contributed by atoms with Gasteiger partial charge in [0.25, 0.3) is 5.91 Å². The molecule has 3 rings (SSSR count). The van der Waals surface area contributed by atoms with Crippen molar-refractivity contribution < 1.29 is 13.9 Å². The first-order valence-corrected chi connectivity index (χ1v) is 9.04. The van der Waals surface area contributed by atoms with E-state index < -0.39 is 6.10 Å². The molecular weight excluding hydrogens is 355 g/mol. The molecule has 4 nitrogen and oxygen atoms in total. The Bertz CT molecular complexity index is 791. The van der Waals surface area contributed by atoms with Gasteiger partial charge in [0.1, 0.15) is 11.6 Å². The number of nitrogens with zero attached hydrogens (tertiary/aromatic N) is 2. The molecule has 2 aromatic rings. The van der Waals surface area contributed by atoms with Crippen molar-refractivity contribution in [3.63, 3.8) is 0 Å². The van der Waals surface area contributed by atoms with Crippen LogP contribution in [0.4, 0.5) is 10.1 Å². The summed E-state index contributed by atoms with van der Waals surface area (Å²) in [5.74, 6) is 0.356. The number of hydrogen-bond donors (Lipinski definition) is 0. The van der Waals surface area contributed by atoms with E-state index in [1.165, 1.54) is 6.07 Å². The van der Waals surface area contributed by atoms with Gasteiger partial charge in [0.15, 0.2) is 6.10 Å². The molecule has 1 atom stereocenters. The van der Waals surface area contributed by atoms with Crippen LogP contribution in [-0.4, -0.2) is 43.1 Å². The van der Waals surface area contributed by atoms with Crippen LogP contribution in [-0.2, 0) is 4.79 Å². The first-order chi connectivity index (χ1) is 12.5. The smallest absolute Gasteiger partial charge is 0.263 e. The summed E-state index contributed by atoms with van der Waals surface area (Å²) in [5.41, 5.74) is 1.47. The molecule has 138 valence electrons.